The van der Waals surface area contributed by atoms with Gasteiger partial charge in [0.25, 0.3) is 11.8 Å². The largest absolute Gasteiger partial charge is 0.349 e. The number of nitrogens with one attached hydrogen (secondary N) is 2. The Kier molecular flexibility index (Phi) is 8.63. The predicted molar refractivity (Wildman–Crippen MR) is 110 cm³/mol. The Morgan fingerprint density at radius 3 is 1.35 bits per heavy atom. The number of hydrogen-bond acceptors (Lipinski definition) is 6. The molecule has 0 unspecified atom stereocenters. The summed E-state index contributed by atoms with van der Waals surface area (Å²) < 4.78 is 0. The maximum atomic E-state index is 12.2. The summed E-state index contributed by atoms with van der Waals surface area (Å²) in [5.74, 6) is -5.92. The van der Waals surface area contributed by atoms with E-state index in [0.717, 1.165) is 0 Å². The Morgan fingerprint density at radius 1 is 0.677 bits per heavy atom. The number of amides is 2. The first-order chi connectivity index (χ1) is 15.0. The molecule has 156 valence electrons. The third-order valence-electron chi connectivity index (χ3n) is 4.42. The van der Waals surface area contributed by atoms with Crippen LogP contribution in [0.25, 0.3) is 0 Å². The number of ketones is 2. The molecule has 0 fully saturated rings. The molecule has 8 nitrogen and oxygen atoms in total. The molecule has 2 aromatic rings. The van der Waals surface area contributed by atoms with Crippen molar-refractivity contribution in [1.82, 2.24) is 10.6 Å². The van der Waals surface area contributed by atoms with Crippen molar-refractivity contribution in [2.24, 2.45) is 0 Å². The summed E-state index contributed by atoms with van der Waals surface area (Å²) in [6.45, 7) is 0.124. The van der Waals surface area contributed by atoms with Crippen LogP contribution >= 0.6 is 0 Å². The monoisotopic (exact) mass is 416 g/mol. The van der Waals surface area contributed by atoms with E-state index >= 15 is 0 Å². The number of carbonyl (C=O) groups is 4. The van der Waals surface area contributed by atoms with Crippen molar-refractivity contribution >= 4 is 23.4 Å². The first-order valence-electron chi connectivity index (χ1n) is 9.52. The predicted octanol–water partition coefficient (Wildman–Crippen LogP) is 1.36. The molecule has 2 amide bonds. The molecule has 0 aliphatic carbocycles. The van der Waals surface area contributed by atoms with E-state index in [4.69, 9.17) is 0 Å². The smallest absolute Gasteiger partial charge is 0.289 e. The van der Waals surface area contributed by atoms with E-state index in [0.29, 0.717) is 11.1 Å². The number of rotatable bonds is 10. The molecule has 0 aliphatic heterocycles. The van der Waals surface area contributed by atoms with E-state index < -0.39 is 35.2 Å². The van der Waals surface area contributed by atoms with Crippen LogP contribution in [-0.4, -0.2) is 36.5 Å². The number of carbonyl (C=O) groups excluding carboxylic acids is 4. The Balaban J connectivity index is 1.77. The molecular weight excluding hydrogens is 396 g/mol. The van der Waals surface area contributed by atoms with Crippen molar-refractivity contribution in [3.8, 4) is 12.1 Å². The summed E-state index contributed by atoms with van der Waals surface area (Å²) >= 11 is 0. The molecule has 8 heteroatoms. The van der Waals surface area contributed by atoms with Crippen molar-refractivity contribution in [2.75, 3.05) is 13.1 Å². The molecule has 0 aliphatic rings. The van der Waals surface area contributed by atoms with E-state index in [2.05, 4.69) is 10.6 Å². The van der Waals surface area contributed by atoms with E-state index in [1.807, 2.05) is 12.1 Å². The number of benzene rings is 2. The van der Waals surface area contributed by atoms with Crippen molar-refractivity contribution in [3.05, 3.63) is 71.8 Å². The van der Waals surface area contributed by atoms with Gasteiger partial charge in [0, 0.05) is 13.1 Å². The maximum Gasteiger partial charge on any atom is 0.289 e. The van der Waals surface area contributed by atoms with Crippen LogP contribution in [0.2, 0.25) is 0 Å². The molecule has 2 atom stereocenters. The Bertz CT molecular complexity index is 940. The summed E-state index contributed by atoms with van der Waals surface area (Å²) in [4.78, 5) is 48.4. The van der Waals surface area contributed by atoms with Gasteiger partial charge in [0.1, 0.15) is 11.8 Å². The lowest BCUT2D eigenvalue weighted by molar-refractivity contribution is -0.138. The first kappa shape index (κ1) is 23.0. The minimum Gasteiger partial charge on any atom is -0.349 e. The average molecular weight is 416 g/mol. The van der Waals surface area contributed by atoms with Crippen LogP contribution in [0.3, 0.4) is 0 Å². The maximum absolute atomic E-state index is 12.2. The van der Waals surface area contributed by atoms with Crippen LogP contribution in [-0.2, 0) is 19.2 Å². The van der Waals surface area contributed by atoms with Crippen LogP contribution in [0.4, 0.5) is 0 Å². The third-order valence-corrected chi connectivity index (χ3v) is 4.42. The second kappa shape index (κ2) is 11.6. The van der Waals surface area contributed by atoms with Crippen LogP contribution in [0, 0.1) is 22.7 Å². The second-order valence-electron chi connectivity index (χ2n) is 6.54. The summed E-state index contributed by atoms with van der Waals surface area (Å²) in [5, 5.41) is 23.2. The molecule has 2 rings (SSSR count). The summed E-state index contributed by atoms with van der Waals surface area (Å²) in [6.07, 6.45) is 0.253. The molecule has 0 saturated carbocycles. The summed E-state index contributed by atoms with van der Waals surface area (Å²) in [5.41, 5.74) is 0.864. The molecule has 0 radical (unpaired) electrons. The van der Waals surface area contributed by atoms with Gasteiger partial charge in [-0.05, 0) is 17.5 Å². The highest BCUT2D eigenvalue weighted by atomic mass is 16.2. The molecule has 0 spiro atoms. The third kappa shape index (κ3) is 6.34. The van der Waals surface area contributed by atoms with Gasteiger partial charge in [-0.25, -0.2) is 0 Å². The Labute approximate surface area is 179 Å². The normalized spacial score (nSPS) is 11.8. The standard InChI is InChI=1S/C23H20N4O4/c24-14-18(16-8-3-1-4-9-16)20(28)22(30)26-12-7-13-27-23(31)21(29)19(15-25)17-10-5-2-6-11-17/h1-6,8-11,18-19H,7,12-13H2,(H,26,30)(H,27,31)/t18-,19-/m1/s1. The number of hydrogen-bond donors (Lipinski definition) is 2. The Morgan fingerprint density at radius 2 is 1.03 bits per heavy atom. The van der Waals surface area contributed by atoms with Crippen molar-refractivity contribution in [3.63, 3.8) is 0 Å². The molecule has 31 heavy (non-hydrogen) atoms. The fourth-order valence-corrected chi connectivity index (χ4v) is 2.79. The molecule has 0 saturated heterocycles. The first-order valence-corrected chi connectivity index (χ1v) is 9.52. The van der Waals surface area contributed by atoms with Crippen molar-refractivity contribution in [1.29, 1.82) is 10.5 Å². The summed E-state index contributed by atoms with van der Waals surface area (Å²) in [7, 11) is 0. The average Bonchev–Trinajstić information content (AvgIpc) is 2.80. The van der Waals surface area contributed by atoms with E-state index in [-0.39, 0.29) is 19.5 Å². The van der Waals surface area contributed by atoms with E-state index in [1.54, 1.807) is 60.7 Å². The molecule has 2 N–H and O–H groups in total. The highest BCUT2D eigenvalue weighted by Crippen LogP contribution is 2.16. The lowest BCUT2D eigenvalue weighted by Gasteiger charge is -2.10. The SMILES string of the molecule is N#C[C@@H](C(=O)C(=O)NCCCNC(=O)C(=O)[C@H](C#N)c1ccccc1)c1ccccc1. The van der Waals surface area contributed by atoms with Gasteiger partial charge < -0.3 is 10.6 Å². The lowest BCUT2D eigenvalue weighted by Crippen LogP contribution is -2.38. The van der Waals surface area contributed by atoms with Gasteiger partial charge in [-0.3, -0.25) is 19.2 Å². The van der Waals surface area contributed by atoms with Gasteiger partial charge >= 0.3 is 0 Å². The second-order valence-corrected chi connectivity index (χ2v) is 6.54. The quantitative estimate of drug-likeness (QED) is 0.443. The van der Waals surface area contributed by atoms with Crippen LogP contribution in [0.5, 0.6) is 0 Å². The van der Waals surface area contributed by atoms with Crippen molar-refractivity contribution < 1.29 is 19.2 Å². The molecule has 0 heterocycles. The minimum atomic E-state index is -1.19. The highest BCUT2D eigenvalue weighted by Gasteiger charge is 2.27. The molecule has 0 bridgehead atoms. The van der Waals surface area contributed by atoms with Crippen LogP contribution in [0.15, 0.2) is 60.7 Å². The van der Waals surface area contributed by atoms with Gasteiger partial charge in [-0.2, -0.15) is 10.5 Å². The number of nitriles is 2. The number of Topliss-reactive ketones (excluding diaryl/α,β-unsaturated/α-hetero) is 2. The fourth-order valence-electron chi connectivity index (χ4n) is 2.79. The van der Waals surface area contributed by atoms with Gasteiger partial charge in [-0.15, -0.1) is 0 Å². The van der Waals surface area contributed by atoms with E-state index in [1.165, 1.54) is 0 Å². The number of nitrogens with zero attached hydrogens (tertiary/aromatic N) is 2. The fraction of sp³-hybridized carbons (Fsp3) is 0.217. The zero-order valence-electron chi connectivity index (χ0n) is 16.6. The topological polar surface area (TPSA) is 140 Å². The highest BCUT2D eigenvalue weighted by molar-refractivity contribution is 6.39. The molecule has 2 aromatic carbocycles. The van der Waals surface area contributed by atoms with Crippen LogP contribution in [0.1, 0.15) is 29.4 Å². The summed E-state index contributed by atoms with van der Waals surface area (Å²) in [6, 6.07) is 20.2. The minimum absolute atomic E-state index is 0.0619. The van der Waals surface area contributed by atoms with Gasteiger partial charge in [0.2, 0.25) is 11.6 Å². The van der Waals surface area contributed by atoms with Crippen molar-refractivity contribution in [2.45, 2.75) is 18.3 Å². The van der Waals surface area contributed by atoms with Gasteiger partial charge in [0.15, 0.2) is 0 Å². The molecule has 0 aromatic heterocycles. The molecular formula is C23H20N4O4. The lowest BCUT2D eigenvalue weighted by atomic mass is 9.95. The Hall–Kier alpha value is -4.30. The zero-order chi connectivity index (χ0) is 22.6. The van der Waals surface area contributed by atoms with Gasteiger partial charge in [0.05, 0.1) is 12.1 Å². The van der Waals surface area contributed by atoms with Crippen LogP contribution < -0.4 is 10.6 Å². The van der Waals surface area contributed by atoms with Gasteiger partial charge in [-0.1, -0.05) is 60.7 Å². The zero-order valence-corrected chi connectivity index (χ0v) is 16.6. The van der Waals surface area contributed by atoms with E-state index in [9.17, 15) is 29.7 Å².